The van der Waals surface area contributed by atoms with Crippen LogP contribution >= 0.6 is 0 Å². The van der Waals surface area contributed by atoms with Crippen molar-refractivity contribution in [2.24, 2.45) is 0 Å². The molecule has 19 heavy (non-hydrogen) atoms. The van der Waals surface area contributed by atoms with Crippen LogP contribution in [0.1, 0.15) is 12.8 Å². The lowest BCUT2D eigenvalue weighted by atomic mass is 10.3. The summed E-state index contributed by atoms with van der Waals surface area (Å²) >= 11 is 0. The highest BCUT2D eigenvalue weighted by molar-refractivity contribution is 5.97. The maximum Gasteiger partial charge on any atom is 0.249 e. The lowest BCUT2D eigenvalue weighted by molar-refractivity contribution is -0.131. The number of ether oxygens (including phenoxy) is 1. The average molecular weight is 269 g/mol. The molecule has 108 valence electrons. The summed E-state index contributed by atoms with van der Waals surface area (Å²) in [5, 5.41) is 6.00. The first kappa shape index (κ1) is 15.7. The number of hydrogen-bond donors (Lipinski definition) is 2. The van der Waals surface area contributed by atoms with Crippen LogP contribution in [-0.2, 0) is 14.3 Å². The molecular formula is C13H23N3O3. The molecule has 1 saturated heterocycles. The van der Waals surface area contributed by atoms with Crippen molar-refractivity contribution in [3.63, 3.8) is 0 Å². The number of amides is 2. The van der Waals surface area contributed by atoms with Crippen molar-refractivity contribution >= 4 is 11.8 Å². The number of likely N-dealkylation sites (tertiary alicyclic amines) is 1. The zero-order valence-electron chi connectivity index (χ0n) is 11.5. The fourth-order valence-corrected chi connectivity index (χ4v) is 1.82. The van der Waals surface area contributed by atoms with Gasteiger partial charge < -0.3 is 20.3 Å². The summed E-state index contributed by atoms with van der Waals surface area (Å²) < 4.78 is 4.90. The van der Waals surface area contributed by atoms with E-state index in [4.69, 9.17) is 4.74 Å². The largest absolute Gasteiger partial charge is 0.383 e. The minimum absolute atomic E-state index is 0.101. The maximum absolute atomic E-state index is 11.6. The van der Waals surface area contributed by atoms with Gasteiger partial charge in [0, 0.05) is 32.3 Å². The van der Waals surface area contributed by atoms with E-state index in [0.29, 0.717) is 31.7 Å². The van der Waals surface area contributed by atoms with E-state index >= 15 is 0 Å². The molecule has 0 radical (unpaired) electrons. The first-order chi connectivity index (χ1) is 9.15. The van der Waals surface area contributed by atoms with Gasteiger partial charge in [0.15, 0.2) is 0 Å². The fourth-order valence-electron chi connectivity index (χ4n) is 1.82. The molecule has 0 aromatic carbocycles. The van der Waals surface area contributed by atoms with Gasteiger partial charge in [-0.05, 0) is 19.4 Å². The minimum Gasteiger partial charge on any atom is -0.383 e. The topological polar surface area (TPSA) is 70.7 Å². The van der Waals surface area contributed by atoms with Crippen LogP contribution in [0.25, 0.3) is 0 Å². The van der Waals surface area contributed by atoms with E-state index in [1.807, 2.05) is 0 Å². The average Bonchev–Trinajstić information content (AvgIpc) is 2.70. The molecule has 0 atom stereocenters. The molecule has 2 amide bonds. The standard InChI is InChI=1S/C13H23N3O3/c1-11-4-8-16(13(11)18)10-12(17)15-6-3-5-14-7-9-19-2/h14H,1,3-10H2,2H3,(H,15,17). The van der Waals surface area contributed by atoms with Crippen LogP contribution < -0.4 is 10.6 Å². The molecule has 0 aliphatic carbocycles. The molecule has 0 aromatic heterocycles. The SMILES string of the molecule is C=C1CCN(CC(=O)NCCCNCCOC)C1=O. The Morgan fingerprint density at radius 2 is 2.21 bits per heavy atom. The lowest BCUT2D eigenvalue weighted by Crippen LogP contribution is -2.38. The van der Waals surface area contributed by atoms with Gasteiger partial charge >= 0.3 is 0 Å². The molecule has 0 bridgehead atoms. The van der Waals surface area contributed by atoms with Gasteiger partial charge in [-0.2, -0.15) is 0 Å². The third-order valence-electron chi connectivity index (χ3n) is 2.94. The predicted octanol–water partition coefficient (Wildman–Crippen LogP) is -0.483. The van der Waals surface area contributed by atoms with Crippen LogP contribution in [-0.4, -0.2) is 63.2 Å². The zero-order chi connectivity index (χ0) is 14.1. The quantitative estimate of drug-likeness (QED) is 0.438. The maximum atomic E-state index is 11.6. The number of rotatable bonds is 9. The number of nitrogens with zero attached hydrogens (tertiary/aromatic N) is 1. The number of carbonyl (C=O) groups excluding carboxylic acids is 2. The molecule has 1 fully saturated rings. The van der Waals surface area contributed by atoms with Gasteiger partial charge in [-0.1, -0.05) is 6.58 Å². The van der Waals surface area contributed by atoms with E-state index in [-0.39, 0.29) is 18.4 Å². The Labute approximate surface area is 114 Å². The Hall–Kier alpha value is -1.40. The molecule has 0 aromatic rings. The molecule has 0 spiro atoms. The van der Waals surface area contributed by atoms with Crippen LogP contribution in [0.15, 0.2) is 12.2 Å². The molecule has 2 N–H and O–H groups in total. The summed E-state index contributed by atoms with van der Waals surface area (Å²) in [5.41, 5.74) is 0.593. The van der Waals surface area contributed by atoms with E-state index in [0.717, 1.165) is 19.5 Å². The third-order valence-corrected chi connectivity index (χ3v) is 2.94. The Balaban J connectivity index is 2.02. The molecule has 1 aliphatic heterocycles. The van der Waals surface area contributed by atoms with Crippen molar-refractivity contribution in [2.45, 2.75) is 12.8 Å². The van der Waals surface area contributed by atoms with Gasteiger partial charge in [-0.3, -0.25) is 9.59 Å². The van der Waals surface area contributed by atoms with Crippen molar-refractivity contribution in [1.82, 2.24) is 15.5 Å². The molecule has 6 nitrogen and oxygen atoms in total. The first-order valence-electron chi connectivity index (χ1n) is 6.58. The van der Waals surface area contributed by atoms with Crippen molar-refractivity contribution in [2.75, 3.05) is 46.4 Å². The normalized spacial score (nSPS) is 15.1. The lowest BCUT2D eigenvalue weighted by Gasteiger charge is -2.14. The van der Waals surface area contributed by atoms with Crippen LogP contribution in [0, 0.1) is 0 Å². The second kappa shape index (κ2) is 8.66. The molecular weight excluding hydrogens is 246 g/mol. The molecule has 1 heterocycles. The predicted molar refractivity (Wildman–Crippen MR) is 72.7 cm³/mol. The van der Waals surface area contributed by atoms with E-state index in [1.54, 1.807) is 7.11 Å². The van der Waals surface area contributed by atoms with Crippen LogP contribution in [0.2, 0.25) is 0 Å². The molecule has 6 heteroatoms. The van der Waals surface area contributed by atoms with E-state index < -0.39 is 0 Å². The van der Waals surface area contributed by atoms with Crippen molar-refractivity contribution in [3.8, 4) is 0 Å². The summed E-state index contributed by atoms with van der Waals surface area (Å²) in [4.78, 5) is 24.7. The summed E-state index contributed by atoms with van der Waals surface area (Å²) in [6, 6.07) is 0. The zero-order valence-corrected chi connectivity index (χ0v) is 11.5. The van der Waals surface area contributed by atoms with E-state index in [1.165, 1.54) is 4.90 Å². The van der Waals surface area contributed by atoms with Crippen LogP contribution in [0.4, 0.5) is 0 Å². The first-order valence-corrected chi connectivity index (χ1v) is 6.58. The smallest absolute Gasteiger partial charge is 0.249 e. The van der Waals surface area contributed by atoms with Gasteiger partial charge in [0.2, 0.25) is 11.8 Å². The number of hydrogen-bond acceptors (Lipinski definition) is 4. The molecule has 0 saturated carbocycles. The Morgan fingerprint density at radius 3 is 2.84 bits per heavy atom. The second-order valence-electron chi connectivity index (χ2n) is 4.53. The van der Waals surface area contributed by atoms with E-state index in [2.05, 4.69) is 17.2 Å². The van der Waals surface area contributed by atoms with Gasteiger partial charge in [0.25, 0.3) is 0 Å². The summed E-state index contributed by atoms with van der Waals surface area (Å²) in [6.45, 7) is 7.35. The van der Waals surface area contributed by atoms with Gasteiger partial charge in [-0.25, -0.2) is 0 Å². The number of carbonyl (C=O) groups is 2. The summed E-state index contributed by atoms with van der Waals surface area (Å²) in [6.07, 6.45) is 1.52. The monoisotopic (exact) mass is 269 g/mol. The van der Waals surface area contributed by atoms with Crippen LogP contribution in [0.5, 0.6) is 0 Å². The van der Waals surface area contributed by atoms with Crippen molar-refractivity contribution < 1.29 is 14.3 Å². The Bertz CT molecular complexity index is 331. The third kappa shape index (κ3) is 5.85. The van der Waals surface area contributed by atoms with Gasteiger partial charge in [0.1, 0.15) is 0 Å². The highest BCUT2D eigenvalue weighted by Crippen LogP contribution is 2.13. The van der Waals surface area contributed by atoms with Gasteiger partial charge in [0.05, 0.1) is 13.2 Å². The van der Waals surface area contributed by atoms with Gasteiger partial charge in [-0.15, -0.1) is 0 Å². The number of nitrogens with one attached hydrogen (secondary N) is 2. The van der Waals surface area contributed by atoms with Crippen molar-refractivity contribution in [3.05, 3.63) is 12.2 Å². The van der Waals surface area contributed by atoms with Crippen molar-refractivity contribution in [1.29, 1.82) is 0 Å². The summed E-state index contributed by atoms with van der Waals surface area (Å²) in [7, 11) is 1.66. The highest BCUT2D eigenvalue weighted by atomic mass is 16.5. The highest BCUT2D eigenvalue weighted by Gasteiger charge is 2.25. The molecule has 0 unspecified atom stereocenters. The summed E-state index contributed by atoms with van der Waals surface area (Å²) in [5.74, 6) is -0.212. The van der Waals surface area contributed by atoms with E-state index in [9.17, 15) is 9.59 Å². The second-order valence-corrected chi connectivity index (χ2v) is 4.53. The Kier molecular flexibility index (Phi) is 7.14. The number of methoxy groups -OCH3 is 1. The fraction of sp³-hybridized carbons (Fsp3) is 0.692. The van der Waals surface area contributed by atoms with Crippen LogP contribution in [0.3, 0.4) is 0 Å². The molecule has 1 rings (SSSR count). The minimum atomic E-state index is -0.111. The Morgan fingerprint density at radius 1 is 1.42 bits per heavy atom. The molecule has 1 aliphatic rings.